The molecule has 0 aliphatic heterocycles. The summed E-state index contributed by atoms with van der Waals surface area (Å²) in [7, 11) is 0. The van der Waals surface area contributed by atoms with Crippen LogP contribution in [0.15, 0.2) is 24.3 Å². The lowest BCUT2D eigenvalue weighted by Gasteiger charge is -2.18. The molecule has 1 fully saturated rings. The van der Waals surface area contributed by atoms with E-state index in [1.54, 1.807) is 0 Å². The summed E-state index contributed by atoms with van der Waals surface area (Å²) in [4.78, 5) is 0. The van der Waals surface area contributed by atoms with Gasteiger partial charge in [-0.25, -0.2) is 0 Å². The van der Waals surface area contributed by atoms with Gasteiger partial charge in [0.25, 0.3) is 0 Å². The summed E-state index contributed by atoms with van der Waals surface area (Å²) >= 11 is 0. The van der Waals surface area contributed by atoms with Crippen molar-refractivity contribution in [3.05, 3.63) is 29.8 Å². The van der Waals surface area contributed by atoms with Crippen LogP contribution in [-0.2, 0) is 6.42 Å². The first kappa shape index (κ1) is 12.4. The van der Waals surface area contributed by atoms with Gasteiger partial charge in [-0.15, -0.1) is 0 Å². The van der Waals surface area contributed by atoms with Gasteiger partial charge in [-0.1, -0.05) is 25.1 Å². The molecule has 1 aromatic carbocycles. The van der Waals surface area contributed by atoms with E-state index in [0.717, 1.165) is 18.6 Å². The molecular formula is C15H23NO. The highest BCUT2D eigenvalue weighted by atomic mass is 16.5. The largest absolute Gasteiger partial charge is 0.490 e. The molecule has 1 saturated carbocycles. The number of benzene rings is 1. The zero-order valence-electron chi connectivity index (χ0n) is 10.7. The number of para-hydroxylation sites is 1. The normalized spacial score (nSPS) is 18.2. The molecule has 1 aliphatic carbocycles. The van der Waals surface area contributed by atoms with E-state index in [2.05, 4.69) is 25.1 Å². The van der Waals surface area contributed by atoms with Gasteiger partial charge in [-0.3, -0.25) is 0 Å². The van der Waals surface area contributed by atoms with Crippen molar-refractivity contribution in [1.29, 1.82) is 0 Å². The van der Waals surface area contributed by atoms with Crippen LogP contribution in [0.1, 0.15) is 44.6 Å². The number of hydrogen-bond donors (Lipinski definition) is 1. The lowest BCUT2D eigenvalue weighted by Crippen LogP contribution is -2.22. The molecule has 0 aromatic heterocycles. The van der Waals surface area contributed by atoms with Crippen molar-refractivity contribution in [3.8, 4) is 5.75 Å². The predicted octanol–water partition coefficient (Wildman–Crippen LogP) is 3.29. The predicted molar refractivity (Wildman–Crippen MR) is 71.3 cm³/mol. The van der Waals surface area contributed by atoms with E-state index in [0.29, 0.717) is 6.10 Å². The molecule has 2 rings (SSSR count). The van der Waals surface area contributed by atoms with E-state index >= 15 is 0 Å². The standard InChI is InChI=1S/C15H23NO/c1-2-13(16)11-12-7-3-6-10-15(12)17-14-8-4-5-9-14/h3,6-7,10,13-14H,2,4-5,8-9,11,16H2,1H3. The summed E-state index contributed by atoms with van der Waals surface area (Å²) in [6.45, 7) is 2.13. The van der Waals surface area contributed by atoms with Crippen molar-refractivity contribution in [3.63, 3.8) is 0 Å². The van der Waals surface area contributed by atoms with Crippen LogP contribution < -0.4 is 10.5 Å². The minimum atomic E-state index is 0.239. The van der Waals surface area contributed by atoms with Crippen molar-refractivity contribution in [2.24, 2.45) is 5.73 Å². The van der Waals surface area contributed by atoms with Crippen LogP contribution in [0.25, 0.3) is 0 Å². The van der Waals surface area contributed by atoms with Crippen molar-refractivity contribution >= 4 is 0 Å². The first-order chi connectivity index (χ1) is 8.29. The zero-order valence-corrected chi connectivity index (χ0v) is 10.7. The second-order valence-corrected chi connectivity index (χ2v) is 5.00. The lowest BCUT2D eigenvalue weighted by atomic mass is 10.0. The van der Waals surface area contributed by atoms with Crippen LogP contribution in [0.2, 0.25) is 0 Å². The number of rotatable bonds is 5. The summed E-state index contributed by atoms with van der Waals surface area (Å²) in [5.74, 6) is 1.04. The molecule has 0 bridgehead atoms. The monoisotopic (exact) mass is 233 g/mol. The molecule has 2 nitrogen and oxygen atoms in total. The summed E-state index contributed by atoms with van der Waals surface area (Å²) < 4.78 is 6.10. The molecular weight excluding hydrogens is 210 g/mol. The second-order valence-electron chi connectivity index (χ2n) is 5.00. The quantitative estimate of drug-likeness (QED) is 0.847. The Morgan fingerprint density at radius 3 is 2.71 bits per heavy atom. The van der Waals surface area contributed by atoms with Gasteiger partial charge < -0.3 is 10.5 Å². The Labute approximate surface area is 104 Å². The maximum absolute atomic E-state index is 6.10. The van der Waals surface area contributed by atoms with Crippen LogP contribution in [0.4, 0.5) is 0 Å². The molecule has 1 aromatic rings. The fourth-order valence-corrected chi connectivity index (χ4v) is 2.40. The Hall–Kier alpha value is -1.02. The van der Waals surface area contributed by atoms with Gasteiger partial charge in [-0.05, 0) is 50.2 Å². The van der Waals surface area contributed by atoms with Crippen molar-refractivity contribution in [1.82, 2.24) is 0 Å². The molecule has 2 N–H and O–H groups in total. The minimum absolute atomic E-state index is 0.239. The average molecular weight is 233 g/mol. The van der Waals surface area contributed by atoms with Gasteiger partial charge in [0.15, 0.2) is 0 Å². The van der Waals surface area contributed by atoms with Crippen LogP contribution in [0, 0.1) is 0 Å². The smallest absolute Gasteiger partial charge is 0.122 e. The third-order valence-electron chi connectivity index (χ3n) is 3.57. The van der Waals surface area contributed by atoms with E-state index in [-0.39, 0.29) is 6.04 Å². The first-order valence-corrected chi connectivity index (χ1v) is 6.79. The number of ether oxygens (including phenoxy) is 1. The van der Waals surface area contributed by atoms with Gasteiger partial charge in [0.05, 0.1) is 6.10 Å². The Morgan fingerprint density at radius 2 is 2.00 bits per heavy atom. The zero-order chi connectivity index (χ0) is 12.1. The van der Waals surface area contributed by atoms with Crippen LogP contribution in [0.5, 0.6) is 5.75 Å². The van der Waals surface area contributed by atoms with E-state index < -0.39 is 0 Å². The fourth-order valence-electron chi connectivity index (χ4n) is 2.40. The van der Waals surface area contributed by atoms with Gasteiger partial charge in [-0.2, -0.15) is 0 Å². The molecule has 0 radical (unpaired) electrons. The Kier molecular flexibility index (Phi) is 4.43. The first-order valence-electron chi connectivity index (χ1n) is 6.79. The van der Waals surface area contributed by atoms with Gasteiger partial charge in [0, 0.05) is 6.04 Å². The summed E-state index contributed by atoms with van der Waals surface area (Å²) in [5, 5.41) is 0. The number of nitrogens with two attached hydrogens (primary N) is 1. The third-order valence-corrected chi connectivity index (χ3v) is 3.57. The molecule has 0 spiro atoms. The van der Waals surface area contributed by atoms with Gasteiger partial charge in [0.1, 0.15) is 5.75 Å². The van der Waals surface area contributed by atoms with Gasteiger partial charge >= 0.3 is 0 Å². The van der Waals surface area contributed by atoms with Crippen molar-refractivity contribution in [2.75, 3.05) is 0 Å². The topological polar surface area (TPSA) is 35.2 Å². The molecule has 0 amide bonds. The van der Waals surface area contributed by atoms with Crippen LogP contribution >= 0.6 is 0 Å². The fraction of sp³-hybridized carbons (Fsp3) is 0.600. The highest BCUT2D eigenvalue weighted by molar-refractivity contribution is 5.34. The average Bonchev–Trinajstić information content (AvgIpc) is 2.84. The highest BCUT2D eigenvalue weighted by Crippen LogP contribution is 2.27. The second kappa shape index (κ2) is 6.06. The minimum Gasteiger partial charge on any atom is -0.490 e. The summed E-state index contributed by atoms with van der Waals surface area (Å²) in [5.41, 5.74) is 7.28. The molecule has 1 aliphatic rings. The third kappa shape index (κ3) is 3.47. The van der Waals surface area contributed by atoms with E-state index in [4.69, 9.17) is 10.5 Å². The lowest BCUT2D eigenvalue weighted by molar-refractivity contribution is 0.207. The molecule has 17 heavy (non-hydrogen) atoms. The molecule has 1 atom stereocenters. The van der Waals surface area contributed by atoms with Gasteiger partial charge in [0.2, 0.25) is 0 Å². The summed E-state index contributed by atoms with van der Waals surface area (Å²) in [6.07, 6.45) is 7.37. The molecule has 0 heterocycles. The molecule has 2 heteroatoms. The maximum atomic E-state index is 6.10. The summed E-state index contributed by atoms with van der Waals surface area (Å²) in [6, 6.07) is 8.57. The molecule has 0 saturated heterocycles. The Balaban J connectivity index is 2.04. The molecule has 94 valence electrons. The van der Waals surface area contributed by atoms with E-state index in [1.165, 1.54) is 31.2 Å². The van der Waals surface area contributed by atoms with E-state index in [9.17, 15) is 0 Å². The molecule has 1 unspecified atom stereocenters. The van der Waals surface area contributed by atoms with Crippen molar-refractivity contribution < 1.29 is 4.74 Å². The van der Waals surface area contributed by atoms with E-state index in [1.807, 2.05) is 6.07 Å². The van der Waals surface area contributed by atoms with Crippen molar-refractivity contribution in [2.45, 2.75) is 57.6 Å². The SMILES string of the molecule is CCC(N)Cc1ccccc1OC1CCCC1. The maximum Gasteiger partial charge on any atom is 0.122 e. The van der Waals surface area contributed by atoms with Crippen LogP contribution in [-0.4, -0.2) is 12.1 Å². The Morgan fingerprint density at radius 1 is 1.29 bits per heavy atom. The number of hydrogen-bond acceptors (Lipinski definition) is 2. The van der Waals surface area contributed by atoms with Crippen LogP contribution in [0.3, 0.4) is 0 Å². The Bertz CT molecular complexity index is 345. The highest BCUT2D eigenvalue weighted by Gasteiger charge is 2.18.